The summed E-state index contributed by atoms with van der Waals surface area (Å²) in [6.07, 6.45) is -0.527. The molecular weight excluding hydrogens is 406 g/mol. The van der Waals surface area contributed by atoms with E-state index in [1.807, 2.05) is 18.2 Å². The summed E-state index contributed by atoms with van der Waals surface area (Å²) in [4.78, 5) is 6.95. The molecule has 7 heteroatoms. The number of rotatable bonds is 8. The number of morpholine rings is 1. The van der Waals surface area contributed by atoms with Gasteiger partial charge in [0, 0.05) is 57.6 Å². The molecule has 1 unspecified atom stereocenters. The molecule has 2 fully saturated rings. The summed E-state index contributed by atoms with van der Waals surface area (Å²) in [5.74, 6) is 1.44. The van der Waals surface area contributed by atoms with Crippen LogP contribution in [-0.2, 0) is 4.74 Å². The summed E-state index contributed by atoms with van der Waals surface area (Å²) in [5.41, 5.74) is 3.34. The van der Waals surface area contributed by atoms with Crippen LogP contribution in [0.4, 0.5) is 5.69 Å². The van der Waals surface area contributed by atoms with Crippen molar-refractivity contribution in [1.29, 1.82) is 0 Å². The topological polar surface area (TPSA) is 57.6 Å². The van der Waals surface area contributed by atoms with Crippen molar-refractivity contribution >= 4 is 5.69 Å². The third-order valence-electron chi connectivity index (χ3n) is 6.20. The van der Waals surface area contributed by atoms with E-state index in [-0.39, 0.29) is 6.61 Å². The van der Waals surface area contributed by atoms with E-state index >= 15 is 0 Å². The van der Waals surface area contributed by atoms with Crippen LogP contribution in [-0.4, -0.2) is 101 Å². The number of aliphatic hydroxyl groups is 1. The van der Waals surface area contributed by atoms with Crippen molar-refractivity contribution in [1.82, 2.24) is 9.80 Å². The van der Waals surface area contributed by atoms with Gasteiger partial charge < -0.3 is 29.1 Å². The maximum atomic E-state index is 10.5. The number of β-amino-alcohol motifs (C(OH)–C–C–N with tert-alkyl or cyclic N) is 1. The third kappa shape index (κ3) is 6.13. The maximum absolute atomic E-state index is 10.5. The highest BCUT2D eigenvalue weighted by molar-refractivity contribution is 5.69. The Morgan fingerprint density at radius 1 is 0.906 bits per heavy atom. The molecule has 2 aromatic carbocycles. The minimum Gasteiger partial charge on any atom is -0.497 e. The molecule has 2 aliphatic rings. The molecule has 174 valence electrons. The first-order valence-corrected chi connectivity index (χ1v) is 11.4. The van der Waals surface area contributed by atoms with Crippen LogP contribution in [0.5, 0.6) is 11.5 Å². The zero-order valence-electron chi connectivity index (χ0n) is 19.2. The van der Waals surface area contributed by atoms with E-state index in [4.69, 9.17) is 14.2 Å². The van der Waals surface area contributed by atoms with Crippen molar-refractivity contribution in [2.45, 2.75) is 6.10 Å². The normalized spacial score (nSPS) is 19.0. The van der Waals surface area contributed by atoms with Crippen LogP contribution in [0.1, 0.15) is 0 Å². The predicted octanol–water partition coefficient (Wildman–Crippen LogP) is 2.19. The Kier molecular flexibility index (Phi) is 7.86. The van der Waals surface area contributed by atoms with Crippen molar-refractivity contribution < 1.29 is 19.3 Å². The Bertz CT molecular complexity index is 847. The van der Waals surface area contributed by atoms with Gasteiger partial charge in [-0.05, 0) is 42.4 Å². The lowest BCUT2D eigenvalue weighted by Gasteiger charge is -2.33. The number of benzene rings is 2. The van der Waals surface area contributed by atoms with E-state index < -0.39 is 6.10 Å². The largest absolute Gasteiger partial charge is 0.497 e. The molecule has 2 saturated heterocycles. The van der Waals surface area contributed by atoms with Gasteiger partial charge in [-0.3, -0.25) is 4.90 Å². The molecule has 0 bridgehead atoms. The van der Waals surface area contributed by atoms with Gasteiger partial charge in [-0.15, -0.1) is 0 Å². The Balaban J connectivity index is 1.38. The fourth-order valence-electron chi connectivity index (χ4n) is 4.20. The molecule has 0 spiro atoms. The van der Waals surface area contributed by atoms with Crippen molar-refractivity contribution in [3.05, 3.63) is 42.5 Å². The van der Waals surface area contributed by atoms with Crippen LogP contribution in [0.2, 0.25) is 0 Å². The zero-order chi connectivity index (χ0) is 22.3. The molecule has 1 atom stereocenters. The number of aliphatic hydroxyl groups excluding tert-OH is 1. The smallest absolute Gasteiger partial charge is 0.123 e. The van der Waals surface area contributed by atoms with E-state index in [0.717, 1.165) is 69.4 Å². The molecule has 0 radical (unpaired) electrons. The molecule has 2 aromatic rings. The van der Waals surface area contributed by atoms with Crippen molar-refractivity contribution in [2.75, 3.05) is 84.7 Å². The number of anilines is 1. The molecule has 4 rings (SSSR count). The third-order valence-corrected chi connectivity index (χ3v) is 6.20. The molecule has 2 heterocycles. The van der Waals surface area contributed by atoms with Gasteiger partial charge >= 0.3 is 0 Å². The van der Waals surface area contributed by atoms with E-state index in [1.165, 1.54) is 5.69 Å². The molecule has 7 nitrogen and oxygen atoms in total. The average Bonchev–Trinajstić information content (AvgIpc) is 2.84. The van der Waals surface area contributed by atoms with E-state index in [0.29, 0.717) is 12.3 Å². The highest BCUT2D eigenvalue weighted by atomic mass is 16.5. The number of ether oxygens (including phenoxy) is 3. The van der Waals surface area contributed by atoms with Crippen LogP contribution >= 0.6 is 0 Å². The number of methoxy groups -OCH3 is 1. The second-order valence-corrected chi connectivity index (χ2v) is 8.61. The Morgan fingerprint density at radius 2 is 1.59 bits per heavy atom. The van der Waals surface area contributed by atoms with Gasteiger partial charge in [0.25, 0.3) is 0 Å². The minimum atomic E-state index is -0.527. The number of likely N-dealkylation sites (N-methyl/N-ethyl adjacent to an activating group) is 1. The van der Waals surface area contributed by atoms with E-state index in [9.17, 15) is 5.11 Å². The highest BCUT2D eigenvalue weighted by Gasteiger charge is 2.18. The van der Waals surface area contributed by atoms with Crippen LogP contribution in [0.25, 0.3) is 11.1 Å². The van der Waals surface area contributed by atoms with Gasteiger partial charge in [-0.1, -0.05) is 12.1 Å². The molecule has 0 aromatic heterocycles. The van der Waals surface area contributed by atoms with Gasteiger partial charge in [0.1, 0.15) is 24.2 Å². The Hall–Kier alpha value is -2.32. The van der Waals surface area contributed by atoms with Crippen LogP contribution in [0, 0.1) is 0 Å². The van der Waals surface area contributed by atoms with E-state index in [1.54, 1.807) is 7.11 Å². The summed E-state index contributed by atoms with van der Waals surface area (Å²) in [6.45, 7) is 8.34. The second kappa shape index (κ2) is 11.0. The van der Waals surface area contributed by atoms with Crippen LogP contribution in [0.15, 0.2) is 42.5 Å². The molecule has 1 N–H and O–H groups in total. The van der Waals surface area contributed by atoms with Gasteiger partial charge in [-0.25, -0.2) is 0 Å². The number of piperazine rings is 1. The quantitative estimate of drug-likeness (QED) is 0.674. The van der Waals surface area contributed by atoms with Gasteiger partial charge in [-0.2, -0.15) is 0 Å². The fraction of sp³-hybridized carbons (Fsp3) is 0.520. The van der Waals surface area contributed by atoms with Crippen molar-refractivity contribution in [3.63, 3.8) is 0 Å². The van der Waals surface area contributed by atoms with Gasteiger partial charge in [0.05, 0.1) is 20.3 Å². The first-order chi connectivity index (χ1) is 15.6. The average molecular weight is 442 g/mol. The van der Waals surface area contributed by atoms with Crippen LogP contribution in [0.3, 0.4) is 0 Å². The summed E-state index contributed by atoms with van der Waals surface area (Å²) in [5, 5.41) is 10.5. The fourth-order valence-corrected chi connectivity index (χ4v) is 4.20. The number of hydrogen-bond donors (Lipinski definition) is 1. The number of hydrogen-bond acceptors (Lipinski definition) is 7. The zero-order valence-corrected chi connectivity index (χ0v) is 19.2. The molecule has 0 amide bonds. The second-order valence-electron chi connectivity index (χ2n) is 8.61. The minimum absolute atomic E-state index is 0.259. The lowest BCUT2D eigenvalue weighted by molar-refractivity contribution is 0.0504. The summed E-state index contributed by atoms with van der Waals surface area (Å²) in [6, 6.07) is 14.5. The van der Waals surface area contributed by atoms with Crippen molar-refractivity contribution in [2.24, 2.45) is 0 Å². The highest BCUT2D eigenvalue weighted by Crippen LogP contribution is 2.31. The summed E-state index contributed by atoms with van der Waals surface area (Å²) >= 11 is 0. The molecule has 32 heavy (non-hydrogen) atoms. The Labute approximate surface area is 191 Å². The Morgan fingerprint density at radius 3 is 2.28 bits per heavy atom. The standard InChI is InChI=1S/C25H35N3O4/c1-26-7-9-27(10-8-26)18-23(29)19-32-25-16-21(15-24(17-25)30-2)20-3-5-22(6-4-20)28-11-13-31-14-12-28/h3-6,15-17,23,29H,7-14,18-19H2,1-2H3. The lowest BCUT2D eigenvalue weighted by Crippen LogP contribution is -2.47. The maximum Gasteiger partial charge on any atom is 0.123 e. The molecule has 0 aliphatic carbocycles. The van der Waals surface area contributed by atoms with E-state index in [2.05, 4.69) is 46.0 Å². The molecule has 2 aliphatic heterocycles. The first-order valence-electron chi connectivity index (χ1n) is 11.4. The van der Waals surface area contributed by atoms with Gasteiger partial charge in [0.2, 0.25) is 0 Å². The SMILES string of the molecule is COc1cc(OCC(O)CN2CCN(C)CC2)cc(-c2ccc(N3CCOCC3)cc2)c1. The van der Waals surface area contributed by atoms with Crippen LogP contribution < -0.4 is 14.4 Å². The lowest BCUT2D eigenvalue weighted by atomic mass is 10.0. The molecular formula is C25H35N3O4. The molecule has 0 saturated carbocycles. The monoisotopic (exact) mass is 441 g/mol. The summed E-state index contributed by atoms with van der Waals surface area (Å²) in [7, 11) is 3.79. The summed E-state index contributed by atoms with van der Waals surface area (Å²) < 4.78 is 16.9. The predicted molar refractivity (Wildman–Crippen MR) is 127 cm³/mol. The first kappa shape index (κ1) is 22.9. The van der Waals surface area contributed by atoms with Gasteiger partial charge in [0.15, 0.2) is 0 Å². The van der Waals surface area contributed by atoms with Crippen molar-refractivity contribution in [3.8, 4) is 22.6 Å². The number of nitrogens with zero attached hydrogens (tertiary/aromatic N) is 3.